The van der Waals surface area contributed by atoms with Gasteiger partial charge < -0.3 is 4.74 Å². The molecule has 0 aromatic rings. The van der Waals surface area contributed by atoms with Gasteiger partial charge in [-0.05, 0) is 20.8 Å². The van der Waals surface area contributed by atoms with Crippen molar-refractivity contribution in [3.05, 3.63) is 0 Å². The first-order chi connectivity index (χ1) is 5.26. The molecule has 1 rings (SSSR count). The highest BCUT2D eigenvalue weighted by atomic mass is 35.5. The minimum atomic E-state index is -1.36. The Balaban J connectivity index is 2.49. The van der Waals surface area contributed by atoms with E-state index in [0.717, 1.165) is 0 Å². The van der Waals surface area contributed by atoms with E-state index in [1.54, 1.807) is 20.8 Å². The fraction of sp³-hybridized carbons (Fsp3) is 0.875. The highest BCUT2D eigenvalue weighted by Crippen LogP contribution is 2.47. The summed E-state index contributed by atoms with van der Waals surface area (Å²) in [6.45, 7) is 5.10. The Kier molecular flexibility index (Phi) is 2.11. The molecule has 0 spiro atoms. The van der Waals surface area contributed by atoms with Crippen molar-refractivity contribution in [3.63, 3.8) is 0 Å². The van der Waals surface area contributed by atoms with E-state index < -0.39 is 22.6 Å². The molecule has 1 aliphatic rings. The lowest BCUT2D eigenvalue weighted by Gasteiger charge is -2.18. The lowest BCUT2D eigenvalue weighted by Crippen LogP contribution is -2.27. The fourth-order valence-corrected chi connectivity index (χ4v) is 0.804. The molecule has 0 amide bonds. The van der Waals surface area contributed by atoms with Gasteiger partial charge in [0, 0.05) is 6.42 Å². The molecule has 0 heterocycles. The highest BCUT2D eigenvalue weighted by Gasteiger charge is 2.59. The van der Waals surface area contributed by atoms with Gasteiger partial charge in [0.25, 0.3) is 0 Å². The zero-order chi connectivity index (χ0) is 9.57. The third-order valence-electron chi connectivity index (χ3n) is 1.64. The zero-order valence-corrected chi connectivity index (χ0v) is 8.11. The van der Waals surface area contributed by atoms with E-state index in [-0.39, 0.29) is 6.42 Å². The maximum absolute atomic E-state index is 12.5. The van der Waals surface area contributed by atoms with Crippen LogP contribution in [0.3, 0.4) is 0 Å². The Labute approximate surface area is 76.0 Å². The fourth-order valence-electron chi connectivity index (χ4n) is 0.598. The monoisotopic (exact) mass is 194 g/mol. The Morgan fingerprint density at radius 1 is 1.67 bits per heavy atom. The summed E-state index contributed by atoms with van der Waals surface area (Å²) in [4.78, 5) is 11.2. The van der Waals surface area contributed by atoms with Crippen LogP contribution in [-0.4, -0.2) is 17.2 Å². The summed E-state index contributed by atoms with van der Waals surface area (Å²) < 4.78 is 17.3. The summed E-state index contributed by atoms with van der Waals surface area (Å²) >= 11 is 5.58. The van der Waals surface area contributed by atoms with Crippen molar-refractivity contribution in [2.45, 2.75) is 38.4 Å². The zero-order valence-electron chi connectivity index (χ0n) is 7.36. The number of alkyl halides is 2. The molecule has 0 N–H and O–H groups in total. The first-order valence-corrected chi connectivity index (χ1v) is 4.20. The third-order valence-corrected chi connectivity index (χ3v) is 2.11. The number of rotatable bonds is 1. The molecule has 1 fully saturated rings. The van der Waals surface area contributed by atoms with E-state index in [9.17, 15) is 9.18 Å². The van der Waals surface area contributed by atoms with Crippen LogP contribution in [0.4, 0.5) is 4.39 Å². The first kappa shape index (κ1) is 9.78. The smallest absolute Gasteiger partial charge is 0.313 e. The molecule has 1 saturated carbocycles. The molecule has 70 valence electrons. The minimum Gasteiger partial charge on any atom is -0.439 e. The second-order valence-electron chi connectivity index (χ2n) is 4.10. The molecule has 4 heteroatoms. The normalized spacial score (nSPS) is 34.6. The second kappa shape index (κ2) is 2.59. The van der Waals surface area contributed by atoms with Crippen molar-refractivity contribution in [1.29, 1.82) is 0 Å². The molecule has 2 unspecified atom stereocenters. The predicted molar refractivity (Wildman–Crippen MR) is 43.6 cm³/mol. The van der Waals surface area contributed by atoms with Crippen LogP contribution in [0.1, 0.15) is 27.2 Å². The summed E-state index contributed by atoms with van der Waals surface area (Å²) in [6.07, 6.45) is -1.10. The topological polar surface area (TPSA) is 26.3 Å². The van der Waals surface area contributed by atoms with Crippen LogP contribution in [0, 0.1) is 5.41 Å². The first-order valence-electron chi connectivity index (χ1n) is 3.82. The second-order valence-corrected chi connectivity index (χ2v) is 4.74. The van der Waals surface area contributed by atoms with E-state index in [1.807, 2.05) is 0 Å². The number of hydrogen-bond acceptors (Lipinski definition) is 2. The average molecular weight is 195 g/mol. The maximum Gasteiger partial charge on any atom is 0.313 e. The molecule has 0 aliphatic heterocycles. The Bertz CT molecular complexity index is 212. The molecule has 12 heavy (non-hydrogen) atoms. The molecule has 0 saturated heterocycles. The van der Waals surface area contributed by atoms with Crippen molar-refractivity contribution < 1.29 is 13.9 Å². The van der Waals surface area contributed by atoms with Gasteiger partial charge in [0.05, 0.1) is 5.41 Å². The molecule has 2 atom stereocenters. The van der Waals surface area contributed by atoms with E-state index in [2.05, 4.69) is 0 Å². The molecule has 0 bridgehead atoms. The van der Waals surface area contributed by atoms with Gasteiger partial charge in [-0.1, -0.05) is 11.6 Å². The summed E-state index contributed by atoms with van der Waals surface area (Å²) in [7, 11) is 0. The van der Waals surface area contributed by atoms with Crippen LogP contribution < -0.4 is 0 Å². The number of halogens is 2. The number of carbonyl (C=O) groups is 1. The molecule has 0 radical (unpaired) electrons. The molecule has 0 aromatic heterocycles. The maximum atomic E-state index is 12.5. The molecule has 0 aromatic carbocycles. The van der Waals surface area contributed by atoms with Crippen LogP contribution in [0.5, 0.6) is 0 Å². The number of carbonyl (C=O) groups excluding carboxylic acids is 1. The Hall–Kier alpha value is -0.310. The number of hydrogen-bond donors (Lipinski definition) is 0. The van der Waals surface area contributed by atoms with Crippen LogP contribution >= 0.6 is 11.6 Å². The van der Waals surface area contributed by atoms with Gasteiger partial charge in [-0.15, -0.1) is 0 Å². The third kappa shape index (κ3) is 1.89. The predicted octanol–water partition coefficient (Wildman–Crippen LogP) is 2.25. The standard InChI is InChI=1S/C8H12ClFO2/c1-7(2,3)6(11)12-8(9)4-5(8)10/h5H,4H2,1-3H3. The van der Waals surface area contributed by atoms with Gasteiger partial charge in [-0.25, -0.2) is 4.39 Å². The summed E-state index contributed by atoms with van der Waals surface area (Å²) in [5, 5.41) is -1.36. The summed E-state index contributed by atoms with van der Waals surface area (Å²) in [5.41, 5.74) is -0.621. The Morgan fingerprint density at radius 2 is 2.08 bits per heavy atom. The van der Waals surface area contributed by atoms with Gasteiger partial charge in [-0.3, -0.25) is 4.79 Å². The van der Waals surface area contributed by atoms with Crippen molar-refractivity contribution in [1.82, 2.24) is 0 Å². The van der Waals surface area contributed by atoms with E-state index in [1.165, 1.54) is 0 Å². The molecular weight excluding hydrogens is 183 g/mol. The number of esters is 1. The van der Waals surface area contributed by atoms with Crippen LogP contribution in [0.25, 0.3) is 0 Å². The summed E-state index contributed by atoms with van der Waals surface area (Å²) in [6, 6.07) is 0. The van der Waals surface area contributed by atoms with Crippen LogP contribution in [0.15, 0.2) is 0 Å². The lowest BCUT2D eigenvalue weighted by molar-refractivity contribution is -0.157. The van der Waals surface area contributed by atoms with Gasteiger partial charge in [0.2, 0.25) is 5.06 Å². The van der Waals surface area contributed by atoms with Gasteiger partial charge >= 0.3 is 5.97 Å². The SMILES string of the molecule is CC(C)(C)C(=O)OC1(Cl)CC1F. The lowest BCUT2D eigenvalue weighted by atomic mass is 9.97. The molecule has 2 nitrogen and oxygen atoms in total. The number of ether oxygens (including phenoxy) is 1. The molecular formula is C8H12ClFO2. The van der Waals surface area contributed by atoms with Gasteiger partial charge in [0.1, 0.15) is 0 Å². The van der Waals surface area contributed by atoms with Crippen molar-refractivity contribution in [2.75, 3.05) is 0 Å². The Morgan fingerprint density at radius 3 is 2.33 bits per heavy atom. The van der Waals surface area contributed by atoms with Crippen LogP contribution in [-0.2, 0) is 9.53 Å². The van der Waals surface area contributed by atoms with Gasteiger partial charge in [0.15, 0.2) is 6.17 Å². The largest absolute Gasteiger partial charge is 0.439 e. The van der Waals surface area contributed by atoms with E-state index in [4.69, 9.17) is 16.3 Å². The molecule has 1 aliphatic carbocycles. The quantitative estimate of drug-likeness (QED) is 0.473. The van der Waals surface area contributed by atoms with Crippen LogP contribution in [0.2, 0.25) is 0 Å². The average Bonchev–Trinajstić information content (AvgIpc) is 2.37. The van der Waals surface area contributed by atoms with Crippen molar-refractivity contribution in [3.8, 4) is 0 Å². The summed E-state index contributed by atoms with van der Waals surface area (Å²) in [5.74, 6) is -0.461. The van der Waals surface area contributed by atoms with Gasteiger partial charge in [-0.2, -0.15) is 0 Å². The van der Waals surface area contributed by atoms with Crippen molar-refractivity contribution in [2.24, 2.45) is 5.41 Å². The minimum absolute atomic E-state index is 0.108. The van der Waals surface area contributed by atoms with E-state index >= 15 is 0 Å². The van der Waals surface area contributed by atoms with E-state index in [0.29, 0.717) is 0 Å². The van der Waals surface area contributed by atoms with Crippen molar-refractivity contribution >= 4 is 17.6 Å². The highest BCUT2D eigenvalue weighted by molar-refractivity contribution is 6.26.